The van der Waals surface area contributed by atoms with Crippen molar-refractivity contribution in [3.05, 3.63) is 54.1 Å². The molecule has 0 radical (unpaired) electrons. The number of Topliss-reactive ketones (excluding diaryl/α,β-unsaturated/α-hetero) is 1. The fraction of sp³-hybridized carbons (Fsp3) is 0.235. The number of methoxy groups -OCH3 is 1. The van der Waals surface area contributed by atoms with E-state index in [1.807, 2.05) is 38.1 Å². The van der Waals surface area contributed by atoms with Crippen LogP contribution in [0.3, 0.4) is 0 Å². The first-order chi connectivity index (χ1) is 9.60. The van der Waals surface area contributed by atoms with Crippen molar-refractivity contribution in [2.75, 3.05) is 7.11 Å². The van der Waals surface area contributed by atoms with E-state index in [1.165, 1.54) is 0 Å². The summed E-state index contributed by atoms with van der Waals surface area (Å²) >= 11 is 0. The molecule has 2 aromatic rings. The van der Waals surface area contributed by atoms with E-state index in [1.54, 1.807) is 31.4 Å². The molecule has 2 rings (SSSR count). The Bertz CT molecular complexity index is 568. The number of carbonyl (C=O) groups is 1. The Labute approximate surface area is 119 Å². The largest absolute Gasteiger partial charge is 0.497 e. The normalized spacial score (nSPS) is 10.4. The minimum Gasteiger partial charge on any atom is -0.497 e. The zero-order valence-electron chi connectivity index (χ0n) is 11.9. The predicted molar refractivity (Wildman–Crippen MR) is 78.7 cm³/mol. The van der Waals surface area contributed by atoms with E-state index in [0.717, 1.165) is 11.5 Å². The van der Waals surface area contributed by atoms with Gasteiger partial charge in [-0.2, -0.15) is 0 Å². The third-order valence-corrected chi connectivity index (χ3v) is 2.96. The molecule has 20 heavy (non-hydrogen) atoms. The van der Waals surface area contributed by atoms with Crippen molar-refractivity contribution < 1.29 is 14.3 Å². The summed E-state index contributed by atoms with van der Waals surface area (Å²) in [5, 5.41) is 0. The Morgan fingerprint density at radius 2 is 1.30 bits per heavy atom. The van der Waals surface area contributed by atoms with Gasteiger partial charge < -0.3 is 9.47 Å². The zero-order valence-corrected chi connectivity index (χ0v) is 11.9. The summed E-state index contributed by atoms with van der Waals surface area (Å²) < 4.78 is 10.8. The molecule has 0 saturated carbocycles. The van der Waals surface area contributed by atoms with Gasteiger partial charge in [0.25, 0.3) is 0 Å². The Morgan fingerprint density at radius 3 is 1.75 bits per heavy atom. The van der Waals surface area contributed by atoms with Crippen molar-refractivity contribution >= 4 is 5.78 Å². The molecule has 0 spiro atoms. The van der Waals surface area contributed by atoms with Crippen LogP contribution in [-0.4, -0.2) is 12.9 Å². The standard InChI is InChI=1S/C17H18O3/c1-12(2)17(18)13-4-6-15(7-5-13)20-16-10-8-14(19-3)9-11-16/h4-12H,1-3H3. The highest BCUT2D eigenvalue weighted by atomic mass is 16.5. The molecule has 0 fully saturated rings. The Kier molecular flexibility index (Phi) is 4.41. The van der Waals surface area contributed by atoms with Gasteiger partial charge in [0, 0.05) is 11.5 Å². The van der Waals surface area contributed by atoms with Crippen molar-refractivity contribution in [3.63, 3.8) is 0 Å². The second kappa shape index (κ2) is 6.24. The second-order valence-electron chi connectivity index (χ2n) is 4.82. The molecule has 104 valence electrons. The molecule has 0 N–H and O–H groups in total. The van der Waals surface area contributed by atoms with Crippen LogP contribution in [0.25, 0.3) is 0 Å². The number of rotatable bonds is 5. The minimum atomic E-state index is 0.00311. The van der Waals surface area contributed by atoms with Gasteiger partial charge in [-0.3, -0.25) is 4.79 Å². The molecular formula is C17H18O3. The summed E-state index contributed by atoms with van der Waals surface area (Å²) in [7, 11) is 1.63. The molecular weight excluding hydrogens is 252 g/mol. The van der Waals surface area contributed by atoms with Gasteiger partial charge in [0.2, 0.25) is 0 Å². The van der Waals surface area contributed by atoms with Crippen LogP contribution in [0.5, 0.6) is 17.2 Å². The lowest BCUT2D eigenvalue weighted by atomic mass is 10.0. The van der Waals surface area contributed by atoms with Crippen LogP contribution in [0.4, 0.5) is 0 Å². The molecule has 3 nitrogen and oxygen atoms in total. The van der Waals surface area contributed by atoms with E-state index >= 15 is 0 Å². The maximum Gasteiger partial charge on any atom is 0.165 e. The molecule has 0 aliphatic carbocycles. The van der Waals surface area contributed by atoms with E-state index in [0.29, 0.717) is 11.3 Å². The van der Waals surface area contributed by atoms with E-state index in [4.69, 9.17) is 9.47 Å². The number of ketones is 1. The highest BCUT2D eigenvalue weighted by Gasteiger charge is 2.10. The van der Waals surface area contributed by atoms with Crippen LogP contribution in [0, 0.1) is 5.92 Å². The number of hydrogen-bond acceptors (Lipinski definition) is 3. The molecule has 0 aliphatic heterocycles. The minimum absolute atomic E-state index is 0.00311. The number of hydrogen-bond donors (Lipinski definition) is 0. The van der Waals surface area contributed by atoms with E-state index in [9.17, 15) is 4.79 Å². The highest BCUT2D eigenvalue weighted by Crippen LogP contribution is 2.24. The topological polar surface area (TPSA) is 35.5 Å². The molecule has 0 amide bonds. The molecule has 0 saturated heterocycles. The van der Waals surface area contributed by atoms with Crippen LogP contribution in [0.1, 0.15) is 24.2 Å². The monoisotopic (exact) mass is 270 g/mol. The third-order valence-electron chi connectivity index (χ3n) is 2.96. The molecule has 0 aromatic heterocycles. The van der Waals surface area contributed by atoms with Gasteiger partial charge in [-0.05, 0) is 48.5 Å². The molecule has 0 atom stereocenters. The number of ether oxygens (including phenoxy) is 2. The smallest absolute Gasteiger partial charge is 0.165 e. The van der Waals surface area contributed by atoms with E-state index in [-0.39, 0.29) is 11.7 Å². The van der Waals surface area contributed by atoms with Crippen LogP contribution < -0.4 is 9.47 Å². The Hall–Kier alpha value is -2.29. The summed E-state index contributed by atoms with van der Waals surface area (Å²) in [6.45, 7) is 3.79. The first-order valence-corrected chi connectivity index (χ1v) is 6.56. The van der Waals surface area contributed by atoms with Gasteiger partial charge in [-0.1, -0.05) is 13.8 Å². The predicted octanol–water partition coefficient (Wildman–Crippen LogP) is 4.33. The summed E-state index contributed by atoms with van der Waals surface area (Å²) in [6, 6.07) is 14.6. The maximum atomic E-state index is 11.8. The maximum absolute atomic E-state index is 11.8. The van der Waals surface area contributed by atoms with Crippen molar-refractivity contribution in [2.24, 2.45) is 5.92 Å². The first-order valence-electron chi connectivity index (χ1n) is 6.56. The zero-order chi connectivity index (χ0) is 14.5. The van der Waals surface area contributed by atoms with Crippen LogP contribution in [0.2, 0.25) is 0 Å². The SMILES string of the molecule is COc1ccc(Oc2ccc(C(=O)C(C)C)cc2)cc1. The van der Waals surface area contributed by atoms with Gasteiger partial charge in [0.1, 0.15) is 17.2 Å². The van der Waals surface area contributed by atoms with Crippen molar-refractivity contribution in [3.8, 4) is 17.2 Å². The average molecular weight is 270 g/mol. The quantitative estimate of drug-likeness (QED) is 0.759. The number of carbonyl (C=O) groups excluding carboxylic acids is 1. The first kappa shape index (κ1) is 14.1. The van der Waals surface area contributed by atoms with Crippen LogP contribution >= 0.6 is 0 Å². The Morgan fingerprint density at radius 1 is 0.850 bits per heavy atom. The molecule has 0 unspecified atom stereocenters. The van der Waals surface area contributed by atoms with E-state index in [2.05, 4.69) is 0 Å². The van der Waals surface area contributed by atoms with Crippen LogP contribution in [-0.2, 0) is 0 Å². The average Bonchev–Trinajstić information content (AvgIpc) is 2.48. The lowest BCUT2D eigenvalue weighted by molar-refractivity contribution is 0.0939. The summed E-state index contributed by atoms with van der Waals surface area (Å²) in [4.78, 5) is 11.8. The summed E-state index contributed by atoms with van der Waals surface area (Å²) in [6.07, 6.45) is 0. The molecule has 3 heteroatoms. The van der Waals surface area contributed by atoms with Crippen molar-refractivity contribution in [1.82, 2.24) is 0 Å². The highest BCUT2D eigenvalue weighted by molar-refractivity contribution is 5.97. The molecule has 0 bridgehead atoms. The number of benzene rings is 2. The molecule has 0 aliphatic rings. The summed E-state index contributed by atoms with van der Waals surface area (Å²) in [5.74, 6) is 2.36. The van der Waals surface area contributed by atoms with Gasteiger partial charge in [0.15, 0.2) is 5.78 Å². The lowest BCUT2D eigenvalue weighted by Crippen LogP contribution is -2.06. The summed E-state index contributed by atoms with van der Waals surface area (Å²) in [5.41, 5.74) is 0.710. The van der Waals surface area contributed by atoms with Gasteiger partial charge in [-0.15, -0.1) is 0 Å². The second-order valence-corrected chi connectivity index (χ2v) is 4.82. The van der Waals surface area contributed by atoms with E-state index < -0.39 is 0 Å². The lowest BCUT2D eigenvalue weighted by Gasteiger charge is -2.08. The van der Waals surface area contributed by atoms with Crippen molar-refractivity contribution in [2.45, 2.75) is 13.8 Å². The van der Waals surface area contributed by atoms with Crippen molar-refractivity contribution in [1.29, 1.82) is 0 Å². The van der Waals surface area contributed by atoms with Gasteiger partial charge >= 0.3 is 0 Å². The third kappa shape index (κ3) is 3.38. The fourth-order valence-electron chi connectivity index (χ4n) is 1.80. The molecule has 0 heterocycles. The fourth-order valence-corrected chi connectivity index (χ4v) is 1.80. The Balaban J connectivity index is 2.08. The van der Waals surface area contributed by atoms with Gasteiger partial charge in [-0.25, -0.2) is 0 Å². The molecule has 2 aromatic carbocycles. The van der Waals surface area contributed by atoms with Crippen LogP contribution in [0.15, 0.2) is 48.5 Å². The van der Waals surface area contributed by atoms with Gasteiger partial charge in [0.05, 0.1) is 7.11 Å².